The Morgan fingerprint density at radius 1 is 1.05 bits per heavy atom. The van der Waals surface area contributed by atoms with Crippen molar-refractivity contribution in [2.24, 2.45) is 0 Å². The van der Waals surface area contributed by atoms with E-state index in [0.717, 1.165) is 47.8 Å². The summed E-state index contributed by atoms with van der Waals surface area (Å²) in [7, 11) is 0. The molecule has 1 aliphatic carbocycles. The van der Waals surface area contributed by atoms with E-state index in [2.05, 4.69) is 37.4 Å². The smallest absolute Gasteiger partial charge is 0.121 e. The molecule has 2 aromatic heterocycles. The molecule has 0 bridgehead atoms. The maximum Gasteiger partial charge on any atom is 0.121 e. The van der Waals surface area contributed by atoms with E-state index in [9.17, 15) is 0 Å². The zero-order valence-electron chi connectivity index (χ0n) is 11.7. The predicted octanol–water partition coefficient (Wildman–Crippen LogP) is 2.54. The van der Waals surface area contributed by atoms with Crippen LogP contribution in [0.5, 0.6) is 0 Å². The Labute approximate surface area is 122 Å². The van der Waals surface area contributed by atoms with Crippen LogP contribution in [0.25, 0.3) is 17.1 Å². The number of imidazole rings is 2. The third kappa shape index (κ3) is 2.48. The van der Waals surface area contributed by atoms with Crippen LogP contribution in [0, 0.1) is 0 Å². The van der Waals surface area contributed by atoms with Crippen LogP contribution in [0.1, 0.15) is 29.5 Å². The van der Waals surface area contributed by atoms with Crippen molar-refractivity contribution in [2.45, 2.75) is 25.9 Å². The summed E-state index contributed by atoms with van der Waals surface area (Å²) < 4.78 is 0. The molecule has 0 saturated heterocycles. The number of aromatic nitrogens is 4. The van der Waals surface area contributed by atoms with Crippen molar-refractivity contribution >= 4 is 17.1 Å². The minimum absolute atomic E-state index is 0.704. The number of nitrogens with one attached hydrogen (secondary N) is 3. The van der Waals surface area contributed by atoms with Gasteiger partial charge in [-0.15, -0.1) is 0 Å². The normalized spacial score (nSPS) is 13.7. The minimum atomic E-state index is 0.704. The Hall–Kier alpha value is -2.40. The monoisotopic (exact) mass is 279 g/mol. The summed E-state index contributed by atoms with van der Waals surface area (Å²) in [6, 6.07) is 8.07. The summed E-state index contributed by atoms with van der Waals surface area (Å²) in [4.78, 5) is 15.8. The average Bonchev–Trinajstić information content (AvgIpc) is 3.09. The van der Waals surface area contributed by atoms with E-state index in [4.69, 9.17) is 0 Å². The first kappa shape index (κ1) is 12.3. The molecule has 5 nitrogen and oxygen atoms in total. The van der Waals surface area contributed by atoms with Gasteiger partial charge in [-0.1, -0.05) is 18.2 Å². The van der Waals surface area contributed by atoms with Crippen molar-refractivity contribution < 1.29 is 0 Å². The molecule has 1 aromatic carbocycles. The second-order valence-corrected chi connectivity index (χ2v) is 5.29. The lowest BCUT2D eigenvalue weighted by atomic mass is 10.1. The SMILES string of the molecule is C1=Cc2nc(CNCc3nc4ccccc4[nH]3)[nH]c2CC1. The molecule has 0 atom stereocenters. The molecule has 0 fully saturated rings. The van der Waals surface area contributed by atoms with Crippen LogP contribution in [-0.2, 0) is 19.5 Å². The highest BCUT2D eigenvalue weighted by molar-refractivity contribution is 5.74. The standard InChI is InChI=1S/C16H17N5/c1-2-6-12-11(5-1)18-15(19-12)9-17-10-16-20-13-7-3-4-8-14(13)21-16/h1-3,5-7,17H,4,8-10H2,(H,18,19)(H,20,21). The Morgan fingerprint density at radius 2 is 1.90 bits per heavy atom. The van der Waals surface area contributed by atoms with E-state index in [1.165, 1.54) is 5.69 Å². The van der Waals surface area contributed by atoms with Crippen LogP contribution < -0.4 is 5.32 Å². The van der Waals surface area contributed by atoms with E-state index in [1.807, 2.05) is 24.3 Å². The first-order valence-electron chi connectivity index (χ1n) is 7.27. The van der Waals surface area contributed by atoms with Gasteiger partial charge in [-0.2, -0.15) is 0 Å². The number of hydrogen-bond donors (Lipinski definition) is 3. The van der Waals surface area contributed by atoms with Gasteiger partial charge in [-0.05, 0) is 31.1 Å². The molecule has 3 aromatic rings. The van der Waals surface area contributed by atoms with E-state index < -0.39 is 0 Å². The molecule has 0 amide bonds. The fraction of sp³-hybridized carbons (Fsp3) is 0.250. The zero-order valence-corrected chi connectivity index (χ0v) is 11.7. The van der Waals surface area contributed by atoms with E-state index >= 15 is 0 Å². The number of nitrogens with zero attached hydrogens (tertiary/aromatic N) is 2. The van der Waals surface area contributed by atoms with Crippen molar-refractivity contribution in [1.29, 1.82) is 0 Å². The van der Waals surface area contributed by atoms with E-state index in [1.54, 1.807) is 0 Å². The fourth-order valence-corrected chi connectivity index (χ4v) is 2.70. The number of allylic oxidation sites excluding steroid dienone is 1. The van der Waals surface area contributed by atoms with Crippen LogP contribution in [0.4, 0.5) is 0 Å². The van der Waals surface area contributed by atoms with Crippen LogP contribution in [0.2, 0.25) is 0 Å². The molecular formula is C16H17N5. The molecule has 1 aliphatic rings. The third-order valence-electron chi connectivity index (χ3n) is 3.72. The molecule has 21 heavy (non-hydrogen) atoms. The first-order chi connectivity index (χ1) is 10.4. The maximum absolute atomic E-state index is 4.59. The summed E-state index contributed by atoms with van der Waals surface area (Å²) in [5.74, 6) is 1.94. The number of rotatable bonds is 4. The van der Waals surface area contributed by atoms with Crippen molar-refractivity contribution in [3.63, 3.8) is 0 Å². The van der Waals surface area contributed by atoms with E-state index in [0.29, 0.717) is 6.54 Å². The molecule has 0 unspecified atom stereocenters. The number of hydrogen-bond acceptors (Lipinski definition) is 3. The highest BCUT2D eigenvalue weighted by Gasteiger charge is 2.10. The molecule has 0 radical (unpaired) electrons. The van der Waals surface area contributed by atoms with Crippen molar-refractivity contribution in [3.8, 4) is 0 Å². The number of benzene rings is 1. The van der Waals surface area contributed by atoms with Gasteiger partial charge in [0.15, 0.2) is 0 Å². The summed E-state index contributed by atoms with van der Waals surface area (Å²) in [6.45, 7) is 1.42. The van der Waals surface area contributed by atoms with Crippen molar-refractivity contribution in [2.75, 3.05) is 0 Å². The molecule has 0 spiro atoms. The number of aryl methyl sites for hydroxylation is 1. The summed E-state index contributed by atoms with van der Waals surface area (Å²) in [6.07, 6.45) is 6.43. The summed E-state index contributed by atoms with van der Waals surface area (Å²) >= 11 is 0. The Kier molecular flexibility index (Phi) is 3.05. The highest BCUT2D eigenvalue weighted by atomic mass is 15.0. The van der Waals surface area contributed by atoms with Gasteiger partial charge < -0.3 is 15.3 Å². The molecule has 3 N–H and O–H groups in total. The van der Waals surface area contributed by atoms with Crippen LogP contribution in [0.15, 0.2) is 30.3 Å². The maximum atomic E-state index is 4.59. The van der Waals surface area contributed by atoms with Gasteiger partial charge in [0.05, 0.1) is 29.8 Å². The topological polar surface area (TPSA) is 69.4 Å². The summed E-state index contributed by atoms with van der Waals surface area (Å²) in [5, 5.41) is 3.38. The van der Waals surface area contributed by atoms with Crippen LogP contribution in [0.3, 0.4) is 0 Å². The van der Waals surface area contributed by atoms with Crippen molar-refractivity contribution in [1.82, 2.24) is 25.3 Å². The van der Waals surface area contributed by atoms with Crippen LogP contribution in [-0.4, -0.2) is 19.9 Å². The molecule has 2 heterocycles. The Balaban J connectivity index is 1.41. The quantitative estimate of drug-likeness (QED) is 0.687. The minimum Gasteiger partial charge on any atom is -0.344 e. The number of fused-ring (bicyclic) bond motifs is 2. The molecule has 106 valence electrons. The molecule has 0 aliphatic heterocycles. The molecule has 0 saturated carbocycles. The second kappa shape index (κ2) is 5.18. The molecule has 4 rings (SSSR count). The van der Waals surface area contributed by atoms with Crippen LogP contribution >= 0.6 is 0 Å². The predicted molar refractivity (Wildman–Crippen MR) is 82.6 cm³/mol. The number of H-pyrrole nitrogens is 2. The van der Waals surface area contributed by atoms with Gasteiger partial charge >= 0.3 is 0 Å². The largest absolute Gasteiger partial charge is 0.344 e. The number of aromatic amines is 2. The molecular weight excluding hydrogens is 262 g/mol. The lowest BCUT2D eigenvalue weighted by Gasteiger charge is -2.00. The van der Waals surface area contributed by atoms with Gasteiger partial charge in [0.2, 0.25) is 0 Å². The molecule has 5 heteroatoms. The van der Waals surface area contributed by atoms with Gasteiger partial charge in [0, 0.05) is 5.69 Å². The van der Waals surface area contributed by atoms with Crippen molar-refractivity contribution in [3.05, 3.63) is 53.4 Å². The lowest BCUT2D eigenvalue weighted by Crippen LogP contribution is -2.14. The van der Waals surface area contributed by atoms with Gasteiger partial charge in [0.1, 0.15) is 11.6 Å². The van der Waals surface area contributed by atoms with Gasteiger partial charge in [0.25, 0.3) is 0 Å². The zero-order chi connectivity index (χ0) is 14.1. The van der Waals surface area contributed by atoms with E-state index in [-0.39, 0.29) is 0 Å². The third-order valence-corrected chi connectivity index (χ3v) is 3.72. The number of para-hydroxylation sites is 2. The fourth-order valence-electron chi connectivity index (χ4n) is 2.70. The Bertz CT molecular complexity index is 763. The summed E-state index contributed by atoms with van der Waals surface area (Å²) in [5.41, 5.74) is 4.42. The highest BCUT2D eigenvalue weighted by Crippen LogP contribution is 2.16. The second-order valence-electron chi connectivity index (χ2n) is 5.29. The Morgan fingerprint density at radius 3 is 2.76 bits per heavy atom. The first-order valence-corrected chi connectivity index (χ1v) is 7.27. The van der Waals surface area contributed by atoms with Gasteiger partial charge in [-0.25, -0.2) is 9.97 Å². The average molecular weight is 279 g/mol. The van der Waals surface area contributed by atoms with Gasteiger partial charge in [-0.3, -0.25) is 0 Å². The lowest BCUT2D eigenvalue weighted by molar-refractivity contribution is 0.648.